The van der Waals surface area contributed by atoms with Crippen molar-refractivity contribution in [3.8, 4) is 0 Å². The van der Waals surface area contributed by atoms with Gasteiger partial charge >= 0.3 is 0 Å². The number of pyridine rings is 1. The van der Waals surface area contributed by atoms with Crippen LogP contribution in [-0.4, -0.2) is 49.7 Å². The monoisotopic (exact) mass is 451 g/mol. The summed E-state index contributed by atoms with van der Waals surface area (Å²) in [7, 11) is 0. The number of hydrogen-bond acceptors (Lipinski definition) is 7. The summed E-state index contributed by atoms with van der Waals surface area (Å²) in [4.78, 5) is 23.2. The van der Waals surface area contributed by atoms with Gasteiger partial charge in [0, 0.05) is 36.8 Å². The van der Waals surface area contributed by atoms with E-state index in [0.29, 0.717) is 27.9 Å². The minimum atomic E-state index is -0.0844. The number of aliphatic hydroxyl groups is 1. The van der Waals surface area contributed by atoms with Crippen LogP contribution in [0.5, 0.6) is 0 Å². The second kappa shape index (κ2) is 8.88. The minimum absolute atomic E-state index is 0.0844. The summed E-state index contributed by atoms with van der Waals surface area (Å²) in [5, 5.41) is 14.5. The van der Waals surface area contributed by atoms with Crippen molar-refractivity contribution in [2.75, 3.05) is 29.9 Å². The number of aromatic amines is 1. The number of fused-ring (bicyclic) bond motifs is 2. The Morgan fingerprint density at radius 3 is 2.88 bits per heavy atom. The van der Waals surface area contributed by atoms with Crippen LogP contribution in [0.15, 0.2) is 37.1 Å². The first-order valence-corrected chi connectivity index (χ1v) is 11.4. The molecule has 1 aliphatic rings. The molecule has 8 nitrogen and oxygen atoms in total. The summed E-state index contributed by atoms with van der Waals surface area (Å²) < 4.78 is 0. The molecule has 0 spiro atoms. The van der Waals surface area contributed by atoms with Crippen LogP contribution < -0.4 is 10.2 Å². The van der Waals surface area contributed by atoms with Gasteiger partial charge in [-0.25, -0.2) is 15.0 Å². The van der Waals surface area contributed by atoms with Gasteiger partial charge in [0.1, 0.15) is 11.8 Å². The molecular formula is C23H26ClN7O. The van der Waals surface area contributed by atoms with E-state index in [9.17, 15) is 5.11 Å². The predicted octanol–water partition coefficient (Wildman–Crippen LogP) is 4.33. The van der Waals surface area contributed by atoms with Gasteiger partial charge in [-0.05, 0) is 50.3 Å². The van der Waals surface area contributed by atoms with Gasteiger partial charge in [0.15, 0.2) is 11.5 Å². The van der Waals surface area contributed by atoms with Gasteiger partial charge in [0.05, 0.1) is 28.6 Å². The van der Waals surface area contributed by atoms with Crippen molar-refractivity contribution < 1.29 is 5.11 Å². The number of H-pyrrole nitrogens is 1. The van der Waals surface area contributed by atoms with E-state index < -0.39 is 0 Å². The molecule has 0 saturated carbocycles. The van der Waals surface area contributed by atoms with Gasteiger partial charge < -0.3 is 20.3 Å². The van der Waals surface area contributed by atoms with E-state index >= 15 is 0 Å². The Bertz CT molecular complexity index is 1240. The number of aliphatic hydroxyl groups excluding tert-OH is 1. The Kier molecular flexibility index (Phi) is 5.80. The zero-order valence-corrected chi connectivity index (χ0v) is 18.7. The van der Waals surface area contributed by atoms with E-state index in [1.54, 1.807) is 6.33 Å². The summed E-state index contributed by atoms with van der Waals surface area (Å²) in [5.41, 5.74) is 4.50. The van der Waals surface area contributed by atoms with Crippen molar-refractivity contribution in [1.29, 1.82) is 0 Å². The molecule has 0 amide bonds. The lowest BCUT2D eigenvalue weighted by Crippen LogP contribution is -2.35. The van der Waals surface area contributed by atoms with Crippen molar-refractivity contribution in [3.05, 3.63) is 47.6 Å². The minimum Gasteiger partial charge on any atom is -0.396 e. The maximum absolute atomic E-state index is 9.33. The first-order chi connectivity index (χ1) is 15.7. The Labute approximate surface area is 191 Å². The summed E-state index contributed by atoms with van der Waals surface area (Å²) >= 11 is 6.71. The largest absolute Gasteiger partial charge is 0.396 e. The molecule has 1 unspecified atom stereocenters. The number of hydrogen-bond donors (Lipinski definition) is 3. The van der Waals surface area contributed by atoms with Crippen LogP contribution in [-0.2, 0) is 0 Å². The Morgan fingerprint density at radius 2 is 2.06 bits per heavy atom. The van der Waals surface area contributed by atoms with E-state index in [4.69, 9.17) is 16.6 Å². The van der Waals surface area contributed by atoms with Gasteiger partial charge in [-0.3, -0.25) is 4.98 Å². The molecule has 0 radical (unpaired) electrons. The number of benzene rings is 1. The summed E-state index contributed by atoms with van der Waals surface area (Å²) in [6.07, 6.45) is 7.94. The topological polar surface area (TPSA) is 103 Å². The van der Waals surface area contributed by atoms with Gasteiger partial charge in [0.25, 0.3) is 0 Å². The molecule has 5 rings (SSSR count). The van der Waals surface area contributed by atoms with Crippen LogP contribution in [0.25, 0.3) is 22.1 Å². The summed E-state index contributed by atoms with van der Waals surface area (Å²) in [5.74, 6) is 1.24. The zero-order chi connectivity index (χ0) is 22.1. The average Bonchev–Trinajstić information content (AvgIpc) is 3.30. The van der Waals surface area contributed by atoms with Gasteiger partial charge in [-0.2, -0.15) is 0 Å². The number of piperidine rings is 1. The van der Waals surface area contributed by atoms with Gasteiger partial charge in [0.2, 0.25) is 0 Å². The fraction of sp³-hybridized carbons (Fsp3) is 0.391. The maximum atomic E-state index is 9.33. The van der Waals surface area contributed by atoms with Crippen LogP contribution in [0, 0.1) is 5.92 Å². The smallest absolute Gasteiger partial charge is 0.162 e. The number of aromatic nitrogens is 5. The van der Waals surface area contributed by atoms with E-state index in [0.717, 1.165) is 54.5 Å². The Balaban J connectivity index is 1.55. The lowest BCUT2D eigenvalue weighted by Gasteiger charge is -2.36. The molecule has 166 valence electrons. The molecule has 4 heterocycles. The molecule has 0 bridgehead atoms. The molecule has 32 heavy (non-hydrogen) atoms. The molecule has 9 heteroatoms. The number of halogens is 1. The molecule has 0 aliphatic carbocycles. The lowest BCUT2D eigenvalue weighted by molar-refractivity contribution is 0.240. The predicted molar refractivity (Wildman–Crippen MR) is 127 cm³/mol. The lowest BCUT2D eigenvalue weighted by atomic mass is 9.92. The number of imidazole rings is 1. The number of rotatable bonds is 6. The SMILES string of the molecule is CC(Nc1ncnc2[nH]cnc12)c1cc(Cl)c2cccnc2c1N1CCC(CCO)CC1. The van der Waals surface area contributed by atoms with Crippen molar-refractivity contribution in [2.24, 2.45) is 5.92 Å². The highest BCUT2D eigenvalue weighted by molar-refractivity contribution is 6.36. The van der Waals surface area contributed by atoms with Crippen LogP contribution in [0.1, 0.15) is 37.8 Å². The fourth-order valence-electron chi connectivity index (χ4n) is 4.65. The van der Waals surface area contributed by atoms with Crippen LogP contribution in [0.4, 0.5) is 11.5 Å². The van der Waals surface area contributed by atoms with E-state index in [1.807, 2.05) is 24.4 Å². The zero-order valence-electron chi connectivity index (χ0n) is 17.9. The molecule has 1 saturated heterocycles. The fourth-order valence-corrected chi connectivity index (χ4v) is 4.92. The quantitative estimate of drug-likeness (QED) is 0.401. The van der Waals surface area contributed by atoms with Gasteiger partial charge in [-0.1, -0.05) is 11.6 Å². The van der Waals surface area contributed by atoms with Crippen molar-refractivity contribution in [3.63, 3.8) is 0 Å². The van der Waals surface area contributed by atoms with E-state index in [-0.39, 0.29) is 12.6 Å². The molecule has 4 aromatic rings. The molecule has 1 aliphatic heterocycles. The first kappa shape index (κ1) is 20.9. The number of anilines is 2. The highest BCUT2D eigenvalue weighted by Crippen LogP contribution is 2.40. The normalized spacial score (nSPS) is 16.0. The Hall–Kier alpha value is -2.97. The molecule has 3 aromatic heterocycles. The van der Waals surface area contributed by atoms with Gasteiger partial charge in [-0.15, -0.1) is 0 Å². The van der Waals surface area contributed by atoms with Crippen molar-refractivity contribution >= 4 is 45.2 Å². The van der Waals surface area contributed by atoms with E-state index in [1.165, 1.54) is 6.33 Å². The van der Waals surface area contributed by atoms with Crippen molar-refractivity contribution in [2.45, 2.75) is 32.2 Å². The number of nitrogens with one attached hydrogen (secondary N) is 2. The number of nitrogens with zero attached hydrogens (tertiary/aromatic N) is 5. The molecule has 3 N–H and O–H groups in total. The molecule has 1 fully saturated rings. The highest BCUT2D eigenvalue weighted by atomic mass is 35.5. The third kappa shape index (κ3) is 3.84. The standard InChI is InChI=1S/C23H26ClN7O/c1-14(30-23-20-22(27-12-26-20)28-13-29-23)17-11-18(24)16-3-2-7-25-19(16)21(17)31-8-4-15(5-9-31)6-10-32/h2-3,7,11-15,32H,4-6,8-10H2,1H3,(H2,26,27,28,29,30). The average molecular weight is 452 g/mol. The van der Waals surface area contributed by atoms with Crippen molar-refractivity contribution in [1.82, 2.24) is 24.9 Å². The maximum Gasteiger partial charge on any atom is 0.162 e. The molecular weight excluding hydrogens is 426 g/mol. The highest BCUT2D eigenvalue weighted by Gasteiger charge is 2.26. The summed E-state index contributed by atoms with van der Waals surface area (Å²) in [6, 6.07) is 5.90. The second-order valence-corrected chi connectivity index (χ2v) is 8.73. The first-order valence-electron chi connectivity index (χ1n) is 11.0. The summed E-state index contributed by atoms with van der Waals surface area (Å²) in [6.45, 7) is 4.20. The van der Waals surface area contributed by atoms with Crippen LogP contribution in [0.2, 0.25) is 5.02 Å². The molecule has 1 aromatic carbocycles. The van der Waals surface area contributed by atoms with E-state index in [2.05, 4.69) is 37.1 Å². The molecule has 1 atom stereocenters. The van der Waals surface area contributed by atoms with Crippen LogP contribution >= 0.6 is 11.6 Å². The second-order valence-electron chi connectivity index (χ2n) is 8.33. The third-order valence-corrected chi connectivity index (χ3v) is 6.66. The third-order valence-electron chi connectivity index (χ3n) is 6.35. The van der Waals surface area contributed by atoms with Crippen LogP contribution in [0.3, 0.4) is 0 Å². The Morgan fingerprint density at radius 1 is 1.22 bits per heavy atom.